The molecule has 21 heavy (non-hydrogen) atoms. The molecule has 0 amide bonds. The number of nitrogens with zero attached hydrogens (tertiary/aromatic N) is 3. The molecule has 1 aliphatic rings. The number of hydrogen-bond acceptors (Lipinski definition) is 5. The molecule has 0 unspecified atom stereocenters. The molecule has 0 bridgehead atoms. The van der Waals surface area contributed by atoms with Gasteiger partial charge in [-0.15, -0.1) is 0 Å². The number of hydrogen-bond donors (Lipinski definition) is 0. The Balaban J connectivity index is 1.81. The van der Waals surface area contributed by atoms with Crippen LogP contribution in [0.3, 0.4) is 0 Å². The summed E-state index contributed by atoms with van der Waals surface area (Å²) in [5.74, 6) is 0.521. The van der Waals surface area contributed by atoms with E-state index in [9.17, 15) is 8.42 Å². The third kappa shape index (κ3) is 4.76. The second-order valence-corrected chi connectivity index (χ2v) is 8.05. The standard InChI is InChI=1S/C15H25N3O2S/c1-3-21(19,20)12-11-17-7-9-18(10-8-17)14(2)15-5-4-6-16-13-15/h4-6,13-14H,3,7-12H2,1-2H3/t14-/m1/s1. The Kier molecular flexibility index (Phi) is 5.72. The van der Waals surface area contributed by atoms with E-state index >= 15 is 0 Å². The maximum Gasteiger partial charge on any atom is 0.151 e. The van der Waals surface area contributed by atoms with Crippen LogP contribution in [-0.2, 0) is 9.84 Å². The Morgan fingerprint density at radius 3 is 2.57 bits per heavy atom. The van der Waals surface area contributed by atoms with Gasteiger partial charge < -0.3 is 0 Å². The first kappa shape index (κ1) is 16.4. The van der Waals surface area contributed by atoms with Crippen LogP contribution >= 0.6 is 0 Å². The van der Waals surface area contributed by atoms with E-state index in [4.69, 9.17) is 0 Å². The molecule has 5 nitrogen and oxygen atoms in total. The largest absolute Gasteiger partial charge is 0.300 e. The summed E-state index contributed by atoms with van der Waals surface area (Å²) in [6.45, 7) is 8.39. The lowest BCUT2D eigenvalue weighted by molar-refractivity contribution is 0.106. The van der Waals surface area contributed by atoms with Crippen LogP contribution in [0, 0.1) is 0 Å². The minimum absolute atomic E-state index is 0.241. The van der Waals surface area contributed by atoms with Crippen molar-refractivity contribution in [1.29, 1.82) is 0 Å². The summed E-state index contributed by atoms with van der Waals surface area (Å²) in [4.78, 5) is 8.86. The molecule has 1 aliphatic heterocycles. The van der Waals surface area contributed by atoms with Crippen molar-refractivity contribution in [1.82, 2.24) is 14.8 Å². The number of rotatable bonds is 6. The van der Waals surface area contributed by atoms with Crippen molar-refractivity contribution in [2.75, 3.05) is 44.2 Å². The minimum atomic E-state index is -2.86. The second-order valence-electron chi connectivity index (χ2n) is 5.58. The van der Waals surface area contributed by atoms with E-state index in [0.29, 0.717) is 12.6 Å². The Morgan fingerprint density at radius 1 is 1.29 bits per heavy atom. The molecule has 0 N–H and O–H groups in total. The van der Waals surface area contributed by atoms with Crippen LogP contribution < -0.4 is 0 Å². The summed E-state index contributed by atoms with van der Waals surface area (Å²) in [7, 11) is -2.86. The maximum absolute atomic E-state index is 11.6. The van der Waals surface area contributed by atoms with Crippen molar-refractivity contribution in [2.24, 2.45) is 0 Å². The van der Waals surface area contributed by atoms with Gasteiger partial charge in [-0.3, -0.25) is 14.8 Å². The van der Waals surface area contributed by atoms with Crippen molar-refractivity contribution in [3.8, 4) is 0 Å². The Morgan fingerprint density at radius 2 is 2.00 bits per heavy atom. The van der Waals surface area contributed by atoms with Crippen LogP contribution in [0.15, 0.2) is 24.5 Å². The fraction of sp³-hybridized carbons (Fsp3) is 0.667. The first-order chi connectivity index (χ1) is 10.0. The number of sulfone groups is 1. The van der Waals surface area contributed by atoms with Gasteiger partial charge in [0.05, 0.1) is 5.75 Å². The lowest BCUT2D eigenvalue weighted by Crippen LogP contribution is -2.48. The third-order valence-electron chi connectivity index (χ3n) is 4.28. The molecular formula is C15H25N3O2S. The van der Waals surface area contributed by atoms with Crippen molar-refractivity contribution in [3.63, 3.8) is 0 Å². The molecule has 1 aromatic heterocycles. The zero-order valence-electron chi connectivity index (χ0n) is 12.9. The molecule has 1 aromatic rings. The van der Waals surface area contributed by atoms with Crippen molar-refractivity contribution in [3.05, 3.63) is 30.1 Å². The summed E-state index contributed by atoms with van der Waals surface area (Å²) in [5, 5.41) is 0. The summed E-state index contributed by atoms with van der Waals surface area (Å²) in [6.07, 6.45) is 3.72. The molecule has 1 fully saturated rings. The Labute approximate surface area is 127 Å². The second kappa shape index (κ2) is 7.33. The van der Waals surface area contributed by atoms with Gasteiger partial charge in [-0.1, -0.05) is 13.0 Å². The van der Waals surface area contributed by atoms with Gasteiger partial charge in [0.15, 0.2) is 9.84 Å². The van der Waals surface area contributed by atoms with Gasteiger partial charge >= 0.3 is 0 Å². The lowest BCUT2D eigenvalue weighted by Gasteiger charge is -2.38. The van der Waals surface area contributed by atoms with Crippen LogP contribution in [0.1, 0.15) is 25.5 Å². The van der Waals surface area contributed by atoms with Gasteiger partial charge in [0, 0.05) is 56.9 Å². The highest BCUT2D eigenvalue weighted by atomic mass is 32.2. The van der Waals surface area contributed by atoms with Gasteiger partial charge in [-0.25, -0.2) is 8.42 Å². The maximum atomic E-state index is 11.6. The highest BCUT2D eigenvalue weighted by Crippen LogP contribution is 2.20. The SMILES string of the molecule is CCS(=O)(=O)CCN1CCN([C@H](C)c2cccnc2)CC1. The van der Waals surface area contributed by atoms with Gasteiger partial charge in [0.25, 0.3) is 0 Å². The van der Waals surface area contributed by atoms with E-state index in [-0.39, 0.29) is 11.5 Å². The fourth-order valence-electron chi connectivity index (χ4n) is 2.62. The van der Waals surface area contributed by atoms with Crippen LogP contribution in [0.2, 0.25) is 0 Å². The average Bonchev–Trinajstić information content (AvgIpc) is 2.54. The highest BCUT2D eigenvalue weighted by molar-refractivity contribution is 7.91. The van der Waals surface area contributed by atoms with E-state index in [0.717, 1.165) is 26.2 Å². The zero-order chi connectivity index (χ0) is 15.3. The Hall–Kier alpha value is -0.980. The molecule has 0 aliphatic carbocycles. The quantitative estimate of drug-likeness (QED) is 0.790. The van der Waals surface area contributed by atoms with Crippen LogP contribution in [0.4, 0.5) is 0 Å². The van der Waals surface area contributed by atoms with Crippen molar-refractivity contribution in [2.45, 2.75) is 19.9 Å². The average molecular weight is 311 g/mol. The first-order valence-corrected chi connectivity index (χ1v) is 9.40. The molecule has 0 radical (unpaired) electrons. The van der Waals surface area contributed by atoms with Crippen molar-refractivity contribution < 1.29 is 8.42 Å². The molecule has 2 heterocycles. The number of pyridine rings is 1. The van der Waals surface area contributed by atoms with Gasteiger partial charge in [-0.05, 0) is 18.6 Å². The van der Waals surface area contributed by atoms with E-state index in [1.54, 1.807) is 13.1 Å². The molecule has 0 saturated carbocycles. The molecule has 1 atom stereocenters. The van der Waals surface area contributed by atoms with Gasteiger partial charge in [0.2, 0.25) is 0 Å². The van der Waals surface area contributed by atoms with E-state index < -0.39 is 9.84 Å². The molecule has 118 valence electrons. The number of piperazine rings is 1. The monoisotopic (exact) mass is 311 g/mol. The van der Waals surface area contributed by atoms with Gasteiger partial charge in [0.1, 0.15) is 0 Å². The molecule has 6 heteroatoms. The van der Waals surface area contributed by atoms with E-state index in [1.165, 1.54) is 5.56 Å². The molecular weight excluding hydrogens is 286 g/mol. The highest BCUT2D eigenvalue weighted by Gasteiger charge is 2.22. The molecule has 0 spiro atoms. The fourth-order valence-corrected chi connectivity index (χ4v) is 3.45. The van der Waals surface area contributed by atoms with Gasteiger partial charge in [-0.2, -0.15) is 0 Å². The predicted molar refractivity (Wildman–Crippen MR) is 85.0 cm³/mol. The predicted octanol–water partition coefficient (Wildman–Crippen LogP) is 1.19. The van der Waals surface area contributed by atoms with E-state index in [1.807, 2.05) is 12.3 Å². The summed E-state index contributed by atoms with van der Waals surface area (Å²) < 4.78 is 23.1. The minimum Gasteiger partial charge on any atom is -0.300 e. The first-order valence-electron chi connectivity index (χ1n) is 7.58. The van der Waals surface area contributed by atoms with Crippen LogP contribution in [0.25, 0.3) is 0 Å². The smallest absolute Gasteiger partial charge is 0.151 e. The van der Waals surface area contributed by atoms with E-state index in [2.05, 4.69) is 27.8 Å². The molecule has 1 saturated heterocycles. The zero-order valence-corrected chi connectivity index (χ0v) is 13.7. The molecule has 2 rings (SSSR count). The Bertz CT molecular complexity index is 525. The topological polar surface area (TPSA) is 53.5 Å². The summed E-state index contributed by atoms with van der Waals surface area (Å²) in [6, 6.07) is 4.44. The van der Waals surface area contributed by atoms with Crippen LogP contribution in [0.5, 0.6) is 0 Å². The van der Waals surface area contributed by atoms with Crippen molar-refractivity contribution >= 4 is 9.84 Å². The molecule has 0 aromatic carbocycles. The number of aromatic nitrogens is 1. The van der Waals surface area contributed by atoms with Crippen LogP contribution in [-0.4, -0.2) is 67.4 Å². The summed E-state index contributed by atoms with van der Waals surface area (Å²) >= 11 is 0. The summed E-state index contributed by atoms with van der Waals surface area (Å²) in [5.41, 5.74) is 1.24. The lowest BCUT2D eigenvalue weighted by atomic mass is 10.1. The normalized spacial score (nSPS) is 19.5. The third-order valence-corrected chi connectivity index (χ3v) is 5.96.